The summed E-state index contributed by atoms with van der Waals surface area (Å²) in [7, 11) is 0. The van der Waals surface area contributed by atoms with Crippen molar-refractivity contribution in [3.05, 3.63) is 108 Å². The van der Waals surface area contributed by atoms with Gasteiger partial charge in [0.05, 0.1) is 26.4 Å². The van der Waals surface area contributed by atoms with Crippen molar-refractivity contribution in [1.82, 2.24) is 0 Å². The molecule has 0 bridgehead atoms. The van der Waals surface area contributed by atoms with Gasteiger partial charge in [0.15, 0.2) is 12.2 Å². The molecule has 3 aromatic rings. The number of carbonyl (C=O) groups excluding carboxylic acids is 2. The lowest BCUT2D eigenvalue weighted by atomic mass is 9.98. The molecule has 43 heavy (non-hydrogen) atoms. The molecule has 1 saturated heterocycles. The summed E-state index contributed by atoms with van der Waals surface area (Å²) >= 11 is 0. The minimum Gasteiger partial charge on any atom is -0.433 e. The zero-order chi connectivity index (χ0) is 30.7. The van der Waals surface area contributed by atoms with E-state index in [9.17, 15) is 9.59 Å². The van der Waals surface area contributed by atoms with Crippen LogP contribution in [-0.4, -0.2) is 55.0 Å². The summed E-state index contributed by atoms with van der Waals surface area (Å²) in [6.45, 7) is 7.19. The van der Waals surface area contributed by atoms with Crippen LogP contribution in [0, 0.1) is 0 Å². The molecule has 3 aromatic carbocycles. The van der Waals surface area contributed by atoms with Crippen molar-refractivity contribution < 1.29 is 42.7 Å². The topological polar surface area (TPSA) is 98.8 Å². The highest BCUT2D eigenvalue weighted by Gasteiger charge is 2.51. The normalized spacial score (nSPS) is 22.0. The van der Waals surface area contributed by atoms with Gasteiger partial charge in [-0.25, -0.2) is 4.79 Å². The van der Waals surface area contributed by atoms with E-state index in [2.05, 4.69) is 0 Å². The molecule has 0 aromatic heterocycles. The molecule has 5 atom stereocenters. The summed E-state index contributed by atoms with van der Waals surface area (Å²) in [6.07, 6.45) is -5.83. The van der Waals surface area contributed by atoms with Gasteiger partial charge in [-0.1, -0.05) is 91.0 Å². The highest BCUT2D eigenvalue weighted by molar-refractivity contribution is 5.66. The summed E-state index contributed by atoms with van der Waals surface area (Å²) in [4.78, 5) is 25.2. The molecule has 4 rings (SSSR count). The molecule has 1 heterocycles. The van der Waals surface area contributed by atoms with Crippen LogP contribution in [0.4, 0.5) is 4.79 Å². The lowest BCUT2D eigenvalue weighted by molar-refractivity contribution is -0.314. The fraction of sp³-hybridized carbons (Fsp3) is 0.412. The van der Waals surface area contributed by atoms with Crippen molar-refractivity contribution in [2.75, 3.05) is 6.61 Å². The molecule has 0 radical (unpaired) electrons. The molecule has 0 saturated carbocycles. The van der Waals surface area contributed by atoms with Crippen LogP contribution in [0.1, 0.15) is 44.4 Å². The summed E-state index contributed by atoms with van der Waals surface area (Å²) in [5.41, 5.74) is 1.95. The number of ether oxygens (including phenoxy) is 7. The SMILES string of the molecule is CC(=O)OC1O[C@H](COCc2ccccc2)[C@H](OC(=O)OC(C)(C)C)[C@H](OCc2ccccc2)[C@H]1OCc1ccccc1. The highest BCUT2D eigenvalue weighted by atomic mass is 16.8. The summed E-state index contributed by atoms with van der Waals surface area (Å²) in [6, 6.07) is 28.8. The average Bonchev–Trinajstić information content (AvgIpc) is 2.97. The second-order valence-corrected chi connectivity index (χ2v) is 11.2. The Kier molecular flexibility index (Phi) is 11.7. The van der Waals surface area contributed by atoms with E-state index in [4.69, 9.17) is 33.2 Å². The van der Waals surface area contributed by atoms with Crippen molar-refractivity contribution in [3.8, 4) is 0 Å². The average molecular weight is 593 g/mol. The maximum atomic E-state index is 13.0. The highest BCUT2D eigenvalue weighted by Crippen LogP contribution is 2.31. The predicted octanol–water partition coefficient (Wildman–Crippen LogP) is 5.98. The number of rotatable bonds is 12. The number of esters is 1. The first-order chi connectivity index (χ1) is 20.7. The maximum Gasteiger partial charge on any atom is 0.509 e. The molecule has 1 fully saturated rings. The van der Waals surface area contributed by atoms with Crippen molar-refractivity contribution >= 4 is 12.1 Å². The van der Waals surface area contributed by atoms with Crippen molar-refractivity contribution in [2.45, 2.75) is 83.8 Å². The molecule has 230 valence electrons. The van der Waals surface area contributed by atoms with E-state index < -0.39 is 48.4 Å². The molecule has 0 amide bonds. The Morgan fingerprint density at radius 1 is 0.674 bits per heavy atom. The number of carbonyl (C=O) groups is 2. The van der Waals surface area contributed by atoms with Crippen molar-refractivity contribution in [1.29, 1.82) is 0 Å². The monoisotopic (exact) mass is 592 g/mol. The molecule has 1 aliphatic rings. The lowest BCUT2D eigenvalue weighted by Gasteiger charge is -2.44. The Hall–Kier alpha value is -3.76. The molecule has 9 heteroatoms. The zero-order valence-corrected chi connectivity index (χ0v) is 25.0. The van der Waals surface area contributed by atoms with Gasteiger partial charge >= 0.3 is 12.1 Å². The molecular weight excluding hydrogens is 552 g/mol. The number of hydrogen-bond acceptors (Lipinski definition) is 9. The van der Waals surface area contributed by atoms with Crippen molar-refractivity contribution in [2.24, 2.45) is 0 Å². The quantitative estimate of drug-likeness (QED) is 0.235. The van der Waals surface area contributed by atoms with Crippen LogP contribution in [0.2, 0.25) is 0 Å². The predicted molar refractivity (Wildman–Crippen MR) is 158 cm³/mol. The largest absolute Gasteiger partial charge is 0.509 e. The van der Waals surface area contributed by atoms with Crippen molar-refractivity contribution in [3.63, 3.8) is 0 Å². The second-order valence-electron chi connectivity index (χ2n) is 11.2. The first kappa shape index (κ1) is 32.2. The third-order valence-corrected chi connectivity index (χ3v) is 6.46. The first-order valence-corrected chi connectivity index (χ1v) is 14.3. The molecule has 0 N–H and O–H groups in total. The fourth-order valence-corrected chi connectivity index (χ4v) is 4.56. The van der Waals surface area contributed by atoms with Gasteiger partial charge in [-0.2, -0.15) is 0 Å². The first-order valence-electron chi connectivity index (χ1n) is 14.3. The van der Waals surface area contributed by atoms with E-state index in [-0.39, 0.29) is 19.8 Å². The summed E-state index contributed by atoms with van der Waals surface area (Å²) < 4.78 is 42.0. The van der Waals surface area contributed by atoms with Gasteiger partial charge in [-0.3, -0.25) is 4.79 Å². The van der Waals surface area contributed by atoms with E-state index in [0.717, 1.165) is 16.7 Å². The lowest BCUT2D eigenvalue weighted by Crippen LogP contribution is -2.62. The van der Waals surface area contributed by atoms with Crippen LogP contribution >= 0.6 is 0 Å². The van der Waals surface area contributed by atoms with Gasteiger partial charge in [0.25, 0.3) is 0 Å². The van der Waals surface area contributed by atoms with E-state index >= 15 is 0 Å². The van der Waals surface area contributed by atoms with Crippen LogP contribution in [0.5, 0.6) is 0 Å². The van der Waals surface area contributed by atoms with E-state index in [0.29, 0.717) is 6.61 Å². The number of benzene rings is 3. The molecule has 0 spiro atoms. The smallest absolute Gasteiger partial charge is 0.433 e. The van der Waals surface area contributed by atoms with Crippen LogP contribution in [0.3, 0.4) is 0 Å². The van der Waals surface area contributed by atoms with Crippen LogP contribution in [-0.2, 0) is 57.8 Å². The van der Waals surface area contributed by atoms with Crippen LogP contribution < -0.4 is 0 Å². The second kappa shape index (κ2) is 15.6. The van der Waals surface area contributed by atoms with Crippen LogP contribution in [0.15, 0.2) is 91.0 Å². The third kappa shape index (κ3) is 10.5. The Morgan fingerprint density at radius 3 is 1.65 bits per heavy atom. The Bertz CT molecular complexity index is 1260. The molecule has 9 nitrogen and oxygen atoms in total. The Balaban J connectivity index is 1.64. The number of hydrogen-bond donors (Lipinski definition) is 0. The van der Waals surface area contributed by atoms with E-state index in [1.54, 1.807) is 20.8 Å². The van der Waals surface area contributed by atoms with Gasteiger partial charge < -0.3 is 33.2 Å². The molecular formula is C34H40O9. The minimum atomic E-state index is -1.16. The third-order valence-electron chi connectivity index (χ3n) is 6.46. The van der Waals surface area contributed by atoms with Gasteiger partial charge in [0.1, 0.15) is 17.8 Å². The van der Waals surface area contributed by atoms with Gasteiger partial charge in [-0.15, -0.1) is 0 Å². The fourth-order valence-electron chi connectivity index (χ4n) is 4.56. The molecule has 0 aliphatic carbocycles. The minimum absolute atomic E-state index is 0.0106. The molecule has 1 unspecified atom stereocenters. The van der Waals surface area contributed by atoms with E-state index in [1.807, 2.05) is 91.0 Å². The van der Waals surface area contributed by atoms with Gasteiger partial charge in [-0.05, 0) is 37.5 Å². The van der Waals surface area contributed by atoms with Crippen LogP contribution in [0.25, 0.3) is 0 Å². The standard InChI is InChI=1S/C34H40O9/c1-24(35)40-32-31(39-22-27-18-12-7-13-19-27)30(38-21-26-16-10-6-11-17-26)29(42-33(36)43-34(2,3)4)28(41-32)23-37-20-25-14-8-5-9-15-25/h5-19,28-32H,20-23H2,1-4H3/t28-,29+,30+,31-,32?/m1/s1. The molecule has 1 aliphatic heterocycles. The van der Waals surface area contributed by atoms with Gasteiger partial charge in [0.2, 0.25) is 6.29 Å². The van der Waals surface area contributed by atoms with Gasteiger partial charge in [0, 0.05) is 6.92 Å². The van der Waals surface area contributed by atoms with E-state index in [1.165, 1.54) is 6.92 Å². The summed E-state index contributed by atoms with van der Waals surface area (Å²) in [5, 5.41) is 0. The Morgan fingerprint density at radius 2 is 1.16 bits per heavy atom. The summed E-state index contributed by atoms with van der Waals surface area (Å²) in [5.74, 6) is -0.560. The zero-order valence-electron chi connectivity index (χ0n) is 25.0. The Labute approximate surface area is 252 Å². The maximum absolute atomic E-state index is 13.0.